The van der Waals surface area contributed by atoms with E-state index in [9.17, 15) is 4.79 Å². The SMILES string of the molecule is Cc1csc2nc(CSc3nnnn3CCN)cc(=O)n12. The molecule has 0 aliphatic rings. The fourth-order valence-electron chi connectivity index (χ4n) is 1.88. The van der Waals surface area contributed by atoms with Gasteiger partial charge < -0.3 is 5.73 Å². The molecule has 0 atom stereocenters. The summed E-state index contributed by atoms with van der Waals surface area (Å²) in [5, 5.41) is 14.0. The molecular weight excluding hydrogens is 310 g/mol. The summed E-state index contributed by atoms with van der Waals surface area (Å²) >= 11 is 2.89. The molecule has 0 saturated heterocycles. The number of tetrazole rings is 1. The Morgan fingerprint density at radius 3 is 3.14 bits per heavy atom. The number of fused-ring (bicyclic) bond motifs is 1. The highest BCUT2D eigenvalue weighted by atomic mass is 32.2. The van der Waals surface area contributed by atoms with Crippen molar-refractivity contribution in [1.29, 1.82) is 0 Å². The number of nitrogens with zero attached hydrogens (tertiary/aromatic N) is 6. The maximum absolute atomic E-state index is 12.1. The lowest BCUT2D eigenvalue weighted by Crippen LogP contribution is -2.15. The van der Waals surface area contributed by atoms with Gasteiger partial charge in [-0.05, 0) is 17.4 Å². The number of rotatable bonds is 5. The van der Waals surface area contributed by atoms with Gasteiger partial charge in [0, 0.05) is 29.4 Å². The molecule has 0 radical (unpaired) electrons. The van der Waals surface area contributed by atoms with E-state index in [2.05, 4.69) is 20.5 Å². The van der Waals surface area contributed by atoms with E-state index in [-0.39, 0.29) is 5.56 Å². The molecular formula is C11H13N7OS2. The van der Waals surface area contributed by atoms with Crippen LogP contribution in [-0.2, 0) is 12.3 Å². The second-order valence-electron chi connectivity index (χ2n) is 4.34. The van der Waals surface area contributed by atoms with Crippen molar-refractivity contribution < 1.29 is 0 Å². The molecule has 10 heteroatoms. The van der Waals surface area contributed by atoms with Crippen LogP contribution < -0.4 is 11.3 Å². The molecule has 0 fully saturated rings. The van der Waals surface area contributed by atoms with Gasteiger partial charge in [0.2, 0.25) is 5.16 Å². The monoisotopic (exact) mass is 323 g/mol. The number of nitrogens with two attached hydrogens (primary N) is 1. The number of aryl methyl sites for hydroxylation is 1. The summed E-state index contributed by atoms with van der Waals surface area (Å²) in [5.74, 6) is 0.535. The Balaban J connectivity index is 1.82. The van der Waals surface area contributed by atoms with E-state index in [0.29, 0.717) is 34.7 Å². The summed E-state index contributed by atoms with van der Waals surface area (Å²) in [6.45, 7) is 2.93. The van der Waals surface area contributed by atoms with Crippen LogP contribution in [0.4, 0.5) is 0 Å². The zero-order valence-corrected chi connectivity index (χ0v) is 12.9. The third-order valence-electron chi connectivity index (χ3n) is 2.82. The topological polar surface area (TPSA) is 104 Å². The second kappa shape index (κ2) is 5.92. The molecule has 110 valence electrons. The Bertz CT molecular complexity index is 821. The minimum Gasteiger partial charge on any atom is -0.329 e. The first-order valence-corrected chi connectivity index (χ1v) is 8.11. The molecule has 0 saturated carbocycles. The Labute approximate surface area is 128 Å². The number of hydrogen-bond acceptors (Lipinski definition) is 8. The predicted octanol–water partition coefficient (Wildman–Crippen LogP) is 0.302. The van der Waals surface area contributed by atoms with Gasteiger partial charge in [-0.25, -0.2) is 9.67 Å². The molecule has 8 nitrogen and oxygen atoms in total. The molecule has 0 spiro atoms. The van der Waals surface area contributed by atoms with Crippen LogP contribution in [0.2, 0.25) is 0 Å². The maximum atomic E-state index is 12.1. The van der Waals surface area contributed by atoms with Crippen LogP contribution in [0.1, 0.15) is 11.4 Å². The van der Waals surface area contributed by atoms with Crippen LogP contribution in [0.15, 0.2) is 21.4 Å². The molecule has 2 N–H and O–H groups in total. The molecule has 0 aliphatic carbocycles. The van der Waals surface area contributed by atoms with Crippen molar-refractivity contribution in [3.63, 3.8) is 0 Å². The van der Waals surface area contributed by atoms with Crippen LogP contribution >= 0.6 is 23.1 Å². The van der Waals surface area contributed by atoms with Gasteiger partial charge in [0.05, 0.1) is 12.2 Å². The van der Waals surface area contributed by atoms with E-state index in [1.165, 1.54) is 23.1 Å². The van der Waals surface area contributed by atoms with Crippen LogP contribution in [0.5, 0.6) is 0 Å². The molecule has 0 unspecified atom stereocenters. The lowest BCUT2D eigenvalue weighted by atomic mass is 10.4. The average Bonchev–Trinajstić information content (AvgIpc) is 3.04. The number of thiazole rings is 1. The van der Waals surface area contributed by atoms with Crippen molar-refractivity contribution in [2.75, 3.05) is 6.54 Å². The third kappa shape index (κ3) is 2.82. The van der Waals surface area contributed by atoms with E-state index >= 15 is 0 Å². The molecule has 3 aromatic heterocycles. The van der Waals surface area contributed by atoms with Gasteiger partial charge in [0.15, 0.2) is 4.96 Å². The molecule has 3 rings (SSSR count). The highest BCUT2D eigenvalue weighted by Gasteiger charge is 2.10. The first kappa shape index (κ1) is 14.2. The number of thioether (sulfide) groups is 1. The number of aromatic nitrogens is 6. The highest BCUT2D eigenvalue weighted by Crippen LogP contribution is 2.19. The van der Waals surface area contributed by atoms with Crippen LogP contribution in [0.25, 0.3) is 4.96 Å². The fraction of sp³-hybridized carbons (Fsp3) is 0.364. The van der Waals surface area contributed by atoms with Crippen LogP contribution in [0.3, 0.4) is 0 Å². The van der Waals surface area contributed by atoms with Gasteiger partial charge in [-0.15, -0.1) is 16.4 Å². The van der Waals surface area contributed by atoms with Crippen molar-refractivity contribution in [2.45, 2.75) is 24.4 Å². The Hall–Kier alpha value is -1.78. The Kier molecular flexibility index (Phi) is 3.99. The van der Waals surface area contributed by atoms with E-state index in [4.69, 9.17) is 5.73 Å². The van der Waals surface area contributed by atoms with Crippen LogP contribution in [0, 0.1) is 6.92 Å². The standard InChI is InChI=1S/C11H13N7OS2/c1-7-5-20-10-13-8(4-9(19)18(7)10)6-21-11-14-15-16-17(11)3-2-12/h4-5H,2-3,6,12H2,1H3. The van der Waals surface area contributed by atoms with E-state index in [0.717, 1.165) is 5.69 Å². The van der Waals surface area contributed by atoms with E-state index in [1.807, 2.05) is 12.3 Å². The highest BCUT2D eigenvalue weighted by molar-refractivity contribution is 7.98. The average molecular weight is 323 g/mol. The summed E-state index contributed by atoms with van der Waals surface area (Å²) in [5.41, 5.74) is 7.06. The molecule has 3 heterocycles. The smallest absolute Gasteiger partial charge is 0.258 e. The Morgan fingerprint density at radius 2 is 2.33 bits per heavy atom. The molecule has 21 heavy (non-hydrogen) atoms. The molecule has 0 amide bonds. The first-order chi connectivity index (χ1) is 10.2. The zero-order valence-electron chi connectivity index (χ0n) is 11.3. The van der Waals surface area contributed by atoms with Crippen molar-refractivity contribution in [2.24, 2.45) is 5.73 Å². The summed E-state index contributed by atoms with van der Waals surface area (Å²) < 4.78 is 3.25. The second-order valence-corrected chi connectivity index (χ2v) is 6.12. The van der Waals surface area contributed by atoms with E-state index < -0.39 is 0 Å². The fourth-order valence-corrected chi connectivity index (χ4v) is 3.56. The van der Waals surface area contributed by atoms with Gasteiger partial charge in [0.25, 0.3) is 5.56 Å². The minimum atomic E-state index is -0.0594. The van der Waals surface area contributed by atoms with Crippen molar-refractivity contribution >= 4 is 28.1 Å². The van der Waals surface area contributed by atoms with Gasteiger partial charge in [-0.2, -0.15) is 0 Å². The third-order valence-corrected chi connectivity index (χ3v) is 4.75. The maximum Gasteiger partial charge on any atom is 0.258 e. The molecule has 0 bridgehead atoms. The predicted molar refractivity (Wildman–Crippen MR) is 80.5 cm³/mol. The van der Waals surface area contributed by atoms with E-state index in [1.54, 1.807) is 15.1 Å². The molecule has 3 aromatic rings. The van der Waals surface area contributed by atoms with Crippen molar-refractivity contribution in [1.82, 2.24) is 29.6 Å². The van der Waals surface area contributed by atoms with Crippen molar-refractivity contribution in [3.8, 4) is 0 Å². The lowest BCUT2D eigenvalue weighted by Gasteiger charge is -2.03. The summed E-state index contributed by atoms with van der Waals surface area (Å²) in [6.07, 6.45) is 0. The van der Waals surface area contributed by atoms with Gasteiger partial charge in [-0.3, -0.25) is 9.20 Å². The Morgan fingerprint density at radius 1 is 1.48 bits per heavy atom. The molecule has 0 aliphatic heterocycles. The lowest BCUT2D eigenvalue weighted by molar-refractivity contribution is 0.557. The largest absolute Gasteiger partial charge is 0.329 e. The van der Waals surface area contributed by atoms with Gasteiger partial charge in [0.1, 0.15) is 0 Å². The molecule has 0 aromatic carbocycles. The summed E-state index contributed by atoms with van der Waals surface area (Å²) in [7, 11) is 0. The first-order valence-electron chi connectivity index (χ1n) is 6.25. The quantitative estimate of drug-likeness (QED) is 0.673. The normalized spacial score (nSPS) is 11.3. The van der Waals surface area contributed by atoms with Crippen LogP contribution in [-0.4, -0.2) is 36.1 Å². The summed E-state index contributed by atoms with van der Waals surface area (Å²) in [6, 6.07) is 1.55. The minimum absolute atomic E-state index is 0.0594. The van der Waals surface area contributed by atoms with Crippen molar-refractivity contribution in [3.05, 3.63) is 33.2 Å². The summed E-state index contributed by atoms with van der Waals surface area (Å²) in [4.78, 5) is 17.3. The zero-order chi connectivity index (χ0) is 14.8. The number of hydrogen-bond donors (Lipinski definition) is 1. The van der Waals surface area contributed by atoms with Gasteiger partial charge >= 0.3 is 0 Å². The van der Waals surface area contributed by atoms with Gasteiger partial charge in [-0.1, -0.05) is 11.8 Å².